The molecule has 6 heteroatoms. The molecule has 0 radical (unpaired) electrons. The molecule has 0 unspecified atom stereocenters. The summed E-state index contributed by atoms with van der Waals surface area (Å²) >= 11 is 0. The maximum absolute atomic E-state index is 11.6. The fourth-order valence-corrected chi connectivity index (χ4v) is 3.19. The SMILES string of the molecule is O=C1COc2ccc(Nc3nc(-c4ccccc4)nc4ccccc34)cc2N1. The predicted molar refractivity (Wildman–Crippen MR) is 109 cm³/mol. The van der Waals surface area contributed by atoms with Gasteiger partial charge in [-0.15, -0.1) is 0 Å². The summed E-state index contributed by atoms with van der Waals surface area (Å²) in [5, 5.41) is 7.10. The molecule has 2 N–H and O–H groups in total. The minimum Gasteiger partial charge on any atom is -0.482 e. The van der Waals surface area contributed by atoms with Gasteiger partial charge in [0.15, 0.2) is 12.4 Å². The molecule has 1 aliphatic rings. The summed E-state index contributed by atoms with van der Waals surface area (Å²) in [7, 11) is 0. The van der Waals surface area contributed by atoms with Gasteiger partial charge in [-0.1, -0.05) is 42.5 Å². The van der Waals surface area contributed by atoms with Gasteiger partial charge in [-0.25, -0.2) is 9.97 Å². The van der Waals surface area contributed by atoms with E-state index >= 15 is 0 Å². The summed E-state index contributed by atoms with van der Waals surface area (Å²) in [6.07, 6.45) is 0. The minimum absolute atomic E-state index is 0.0385. The van der Waals surface area contributed by atoms with Crippen LogP contribution < -0.4 is 15.4 Å². The summed E-state index contributed by atoms with van der Waals surface area (Å²) in [6, 6.07) is 23.3. The normalized spacial score (nSPS) is 12.8. The standard InChI is InChI=1S/C22H16N4O2/c27-20-13-28-19-11-10-15(12-18(19)24-20)23-22-16-8-4-5-9-17(16)25-21(26-22)14-6-2-1-3-7-14/h1-12H,13H2,(H,24,27)(H,23,25,26). The number of benzene rings is 3. The van der Waals surface area contributed by atoms with Crippen LogP contribution in [-0.4, -0.2) is 22.5 Å². The van der Waals surface area contributed by atoms with Crippen LogP contribution in [0.1, 0.15) is 0 Å². The molecule has 28 heavy (non-hydrogen) atoms. The lowest BCUT2D eigenvalue weighted by Gasteiger charge is -2.19. The number of fused-ring (bicyclic) bond motifs is 2. The molecule has 0 saturated carbocycles. The topological polar surface area (TPSA) is 76.1 Å². The Morgan fingerprint density at radius 2 is 1.75 bits per heavy atom. The largest absolute Gasteiger partial charge is 0.482 e. The van der Waals surface area contributed by atoms with Crippen molar-refractivity contribution in [3.8, 4) is 17.1 Å². The highest BCUT2D eigenvalue weighted by atomic mass is 16.5. The Labute approximate surface area is 161 Å². The molecule has 0 spiro atoms. The van der Waals surface area contributed by atoms with E-state index in [1.807, 2.05) is 72.8 Å². The van der Waals surface area contributed by atoms with Gasteiger partial charge in [-0.2, -0.15) is 0 Å². The number of anilines is 3. The van der Waals surface area contributed by atoms with Crippen molar-refractivity contribution in [1.29, 1.82) is 0 Å². The number of ether oxygens (including phenoxy) is 1. The third kappa shape index (κ3) is 3.01. The second kappa shape index (κ2) is 6.66. The zero-order valence-corrected chi connectivity index (χ0v) is 14.8. The zero-order chi connectivity index (χ0) is 18.9. The highest BCUT2D eigenvalue weighted by Crippen LogP contribution is 2.33. The van der Waals surface area contributed by atoms with Crippen LogP contribution in [0.5, 0.6) is 5.75 Å². The van der Waals surface area contributed by atoms with Gasteiger partial charge < -0.3 is 15.4 Å². The number of carbonyl (C=O) groups is 1. The molecule has 0 bridgehead atoms. The molecule has 0 aliphatic carbocycles. The fourth-order valence-electron chi connectivity index (χ4n) is 3.19. The number of hydrogen-bond donors (Lipinski definition) is 2. The lowest BCUT2D eigenvalue weighted by Crippen LogP contribution is -2.25. The molecule has 3 aromatic carbocycles. The Morgan fingerprint density at radius 3 is 2.64 bits per heavy atom. The van der Waals surface area contributed by atoms with Gasteiger partial charge in [0.1, 0.15) is 11.6 Å². The lowest BCUT2D eigenvalue weighted by atomic mass is 10.1. The Kier molecular flexibility index (Phi) is 3.87. The lowest BCUT2D eigenvalue weighted by molar-refractivity contribution is -0.118. The molecule has 136 valence electrons. The maximum Gasteiger partial charge on any atom is 0.262 e. The third-order valence-electron chi connectivity index (χ3n) is 4.51. The van der Waals surface area contributed by atoms with Crippen LogP contribution in [0.25, 0.3) is 22.3 Å². The molecular weight excluding hydrogens is 352 g/mol. The number of amides is 1. The van der Waals surface area contributed by atoms with Crippen LogP contribution in [0.3, 0.4) is 0 Å². The first kappa shape index (κ1) is 16.3. The quantitative estimate of drug-likeness (QED) is 0.561. The Hall–Kier alpha value is -3.93. The number of rotatable bonds is 3. The fraction of sp³-hybridized carbons (Fsp3) is 0.0455. The van der Waals surface area contributed by atoms with Gasteiger partial charge in [0, 0.05) is 16.6 Å². The molecular formula is C22H16N4O2. The molecule has 4 aromatic rings. The van der Waals surface area contributed by atoms with E-state index in [0.29, 0.717) is 23.1 Å². The summed E-state index contributed by atoms with van der Waals surface area (Å²) in [5.74, 6) is 1.84. The van der Waals surface area contributed by atoms with Gasteiger partial charge in [0.25, 0.3) is 5.91 Å². The number of para-hydroxylation sites is 1. The average Bonchev–Trinajstić information content (AvgIpc) is 2.74. The summed E-state index contributed by atoms with van der Waals surface area (Å²) in [6.45, 7) is 0.0385. The van der Waals surface area contributed by atoms with E-state index in [1.54, 1.807) is 0 Å². The van der Waals surface area contributed by atoms with Crippen LogP contribution in [0, 0.1) is 0 Å². The molecule has 1 aromatic heterocycles. The van der Waals surface area contributed by atoms with Crippen LogP contribution >= 0.6 is 0 Å². The Bertz CT molecular complexity index is 1190. The van der Waals surface area contributed by atoms with Gasteiger partial charge in [0.05, 0.1) is 11.2 Å². The average molecular weight is 368 g/mol. The summed E-state index contributed by atoms with van der Waals surface area (Å²) in [4.78, 5) is 21.0. The van der Waals surface area contributed by atoms with Crippen LogP contribution in [0.2, 0.25) is 0 Å². The van der Waals surface area contributed by atoms with E-state index in [2.05, 4.69) is 10.6 Å². The monoisotopic (exact) mass is 368 g/mol. The van der Waals surface area contributed by atoms with Crippen molar-refractivity contribution in [2.24, 2.45) is 0 Å². The van der Waals surface area contributed by atoms with E-state index in [9.17, 15) is 4.79 Å². The molecule has 0 saturated heterocycles. The minimum atomic E-state index is -0.163. The summed E-state index contributed by atoms with van der Waals surface area (Å²) in [5.41, 5.74) is 3.24. The molecule has 0 fully saturated rings. The second-order valence-corrected chi connectivity index (χ2v) is 6.45. The summed E-state index contributed by atoms with van der Waals surface area (Å²) < 4.78 is 5.42. The van der Waals surface area contributed by atoms with Crippen molar-refractivity contribution in [3.63, 3.8) is 0 Å². The van der Waals surface area contributed by atoms with Crippen molar-refractivity contribution in [3.05, 3.63) is 72.8 Å². The van der Waals surface area contributed by atoms with Gasteiger partial charge in [-0.05, 0) is 30.3 Å². The third-order valence-corrected chi connectivity index (χ3v) is 4.51. The first-order valence-corrected chi connectivity index (χ1v) is 8.92. The number of carbonyl (C=O) groups excluding carboxylic acids is 1. The van der Waals surface area contributed by atoms with E-state index in [-0.39, 0.29) is 12.5 Å². The number of nitrogens with one attached hydrogen (secondary N) is 2. The van der Waals surface area contributed by atoms with Crippen LogP contribution in [0.4, 0.5) is 17.2 Å². The van der Waals surface area contributed by atoms with Crippen LogP contribution in [-0.2, 0) is 4.79 Å². The van der Waals surface area contributed by atoms with Crippen molar-refractivity contribution in [2.75, 3.05) is 17.2 Å². The van der Waals surface area contributed by atoms with Gasteiger partial charge >= 0.3 is 0 Å². The molecule has 6 nitrogen and oxygen atoms in total. The van der Waals surface area contributed by atoms with E-state index in [1.165, 1.54) is 0 Å². The first-order valence-electron chi connectivity index (χ1n) is 8.92. The molecule has 0 atom stereocenters. The second-order valence-electron chi connectivity index (χ2n) is 6.45. The van der Waals surface area contributed by atoms with Gasteiger partial charge in [-0.3, -0.25) is 4.79 Å². The number of aromatic nitrogens is 2. The van der Waals surface area contributed by atoms with Crippen molar-refractivity contribution >= 4 is 34.0 Å². The molecule has 1 aliphatic heterocycles. The Morgan fingerprint density at radius 1 is 0.929 bits per heavy atom. The van der Waals surface area contributed by atoms with Crippen molar-refractivity contribution in [2.45, 2.75) is 0 Å². The van der Waals surface area contributed by atoms with Crippen molar-refractivity contribution < 1.29 is 9.53 Å². The molecule has 5 rings (SSSR count). The molecule has 2 heterocycles. The highest BCUT2D eigenvalue weighted by Gasteiger charge is 2.16. The van der Waals surface area contributed by atoms with Crippen molar-refractivity contribution in [1.82, 2.24) is 9.97 Å². The Balaban J connectivity index is 1.59. The van der Waals surface area contributed by atoms with Gasteiger partial charge in [0.2, 0.25) is 0 Å². The first-order chi connectivity index (χ1) is 13.8. The molecule has 1 amide bonds. The maximum atomic E-state index is 11.6. The van der Waals surface area contributed by atoms with E-state index in [4.69, 9.17) is 14.7 Å². The van der Waals surface area contributed by atoms with E-state index in [0.717, 1.165) is 22.2 Å². The van der Waals surface area contributed by atoms with Crippen LogP contribution in [0.15, 0.2) is 72.8 Å². The predicted octanol–water partition coefficient (Wildman–Crippen LogP) is 4.37. The number of nitrogens with zero attached hydrogens (tertiary/aromatic N) is 2. The smallest absolute Gasteiger partial charge is 0.262 e. The highest BCUT2D eigenvalue weighted by molar-refractivity contribution is 5.97. The van der Waals surface area contributed by atoms with E-state index < -0.39 is 0 Å². The number of hydrogen-bond acceptors (Lipinski definition) is 5. The zero-order valence-electron chi connectivity index (χ0n) is 14.8.